The van der Waals surface area contributed by atoms with Gasteiger partial charge in [-0.2, -0.15) is 5.26 Å². The van der Waals surface area contributed by atoms with E-state index >= 15 is 0 Å². The maximum absolute atomic E-state index is 8.68. The van der Waals surface area contributed by atoms with E-state index in [1.807, 2.05) is 12.1 Å². The van der Waals surface area contributed by atoms with E-state index in [9.17, 15) is 0 Å². The Labute approximate surface area is 120 Å². The molecule has 19 heavy (non-hydrogen) atoms. The summed E-state index contributed by atoms with van der Waals surface area (Å²) in [5.41, 5.74) is 0.663. The largest absolute Gasteiger partial charge is 0.494 e. The second kappa shape index (κ2) is 8.76. The molecule has 0 aromatic heterocycles. The molecule has 0 spiro atoms. The molecule has 4 nitrogen and oxygen atoms in total. The van der Waals surface area contributed by atoms with Gasteiger partial charge < -0.3 is 9.47 Å². The van der Waals surface area contributed by atoms with Crippen molar-refractivity contribution < 1.29 is 9.47 Å². The highest BCUT2D eigenvalue weighted by Gasteiger charge is 2.09. The first-order chi connectivity index (χ1) is 8.88. The minimum atomic E-state index is 0. The molecule has 0 saturated carbocycles. The standard InChI is InChI=1S/C14H18N2O2.ClH/c15-12-13-2-4-14(5-3-13)18-9-1-6-16-7-10-17-11-8-16;/h2-5H,1,6-11H2;1H. The molecule has 1 aliphatic rings. The Morgan fingerprint density at radius 2 is 1.89 bits per heavy atom. The molecule has 1 aromatic rings. The van der Waals surface area contributed by atoms with Gasteiger partial charge in [-0.25, -0.2) is 0 Å². The summed E-state index contributed by atoms with van der Waals surface area (Å²) in [5.74, 6) is 0.830. The molecule has 1 aromatic carbocycles. The van der Waals surface area contributed by atoms with Gasteiger partial charge in [-0.1, -0.05) is 0 Å². The lowest BCUT2D eigenvalue weighted by Crippen LogP contribution is -2.37. The van der Waals surface area contributed by atoms with Gasteiger partial charge >= 0.3 is 0 Å². The number of halogens is 1. The lowest BCUT2D eigenvalue weighted by atomic mass is 10.2. The number of nitrogens with zero attached hydrogens (tertiary/aromatic N) is 2. The van der Waals surface area contributed by atoms with Crippen LogP contribution >= 0.6 is 12.4 Å². The van der Waals surface area contributed by atoms with E-state index in [4.69, 9.17) is 14.7 Å². The third-order valence-corrected chi connectivity index (χ3v) is 2.97. The molecule has 0 aliphatic carbocycles. The highest BCUT2D eigenvalue weighted by molar-refractivity contribution is 5.85. The lowest BCUT2D eigenvalue weighted by Gasteiger charge is -2.26. The SMILES string of the molecule is Cl.N#Cc1ccc(OCCCN2CCOCC2)cc1. The number of ether oxygens (including phenoxy) is 2. The van der Waals surface area contributed by atoms with Crippen LogP contribution in [0.15, 0.2) is 24.3 Å². The Bertz CT molecular complexity index is 397. The quantitative estimate of drug-likeness (QED) is 0.776. The molecule has 1 heterocycles. The van der Waals surface area contributed by atoms with Crippen molar-refractivity contribution in [2.45, 2.75) is 6.42 Å². The molecule has 5 heteroatoms. The van der Waals surface area contributed by atoms with Crippen LogP contribution in [0.5, 0.6) is 5.75 Å². The minimum absolute atomic E-state index is 0. The van der Waals surface area contributed by atoms with Crippen LogP contribution in [0.1, 0.15) is 12.0 Å². The monoisotopic (exact) mass is 282 g/mol. The van der Waals surface area contributed by atoms with Gasteiger partial charge in [-0.05, 0) is 30.7 Å². The van der Waals surface area contributed by atoms with Crippen molar-refractivity contribution in [3.05, 3.63) is 29.8 Å². The average molecular weight is 283 g/mol. The van der Waals surface area contributed by atoms with Gasteiger partial charge in [0.2, 0.25) is 0 Å². The number of hydrogen-bond donors (Lipinski definition) is 0. The van der Waals surface area contributed by atoms with Crippen molar-refractivity contribution in [1.29, 1.82) is 5.26 Å². The zero-order valence-electron chi connectivity index (χ0n) is 10.9. The predicted molar refractivity (Wildman–Crippen MR) is 75.8 cm³/mol. The van der Waals surface area contributed by atoms with Gasteiger partial charge in [-0.3, -0.25) is 4.90 Å². The van der Waals surface area contributed by atoms with E-state index in [1.165, 1.54) is 0 Å². The van der Waals surface area contributed by atoms with E-state index in [0.29, 0.717) is 12.2 Å². The summed E-state index contributed by atoms with van der Waals surface area (Å²) < 4.78 is 10.9. The lowest BCUT2D eigenvalue weighted by molar-refractivity contribution is 0.0358. The Morgan fingerprint density at radius 3 is 2.53 bits per heavy atom. The van der Waals surface area contributed by atoms with Crippen LogP contribution < -0.4 is 4.74 Å². The molecule has 1 saturated heterocycles. The molecule has 1 aliphatic heterocycles. The molecule has 0 radical (unpaired) electrons. The van der Waals surface area contributed by atoms with Gasteiger partial charge in [0.05, 0.1) is 31.5 Å². The van der Waals surface area contributed by atoms with E-state index in [1.54, 1.807) is 12.1 Å². The van der Waals surface area contributed by atoms with Crippen molar-refractivity contribution in [3.63, 3.8) is 0 Å². The summed E-state index contributed by atoms with van der Waals surface area (Å²) in [5, 5.41) is 8.68. The predicted octanol–water partition coefficient (Wildman–Crippen LogP) is 2.08. The van der Waals surface area contributed by atoms with Crippen LogP contribution in [0, 0.1) is 11.3 Å². The van der Waals surface area contributed by atoms with E-state index in [0.717, 1.165) is 45.0 Å². The van der Waals surface area contributed by atoms with Crippen LogP contribution in [-0.4, -0.2) is 44.4 Å². The second-order valence-electron chi connectivity index (χ2n) is 4.29. The number of hydrogen-bond acceptors (Lipinski definition) is 4. The fraction of sp³-hybridized carbons (Fsp3) is 0.500. The molecular formula is C14H19ClN2O2. The Morgan fingerprint density at radius 1 is 1.21 bits per heavy atom. The topological polar surface area (TPSA) is 45.5 Å². The van der Waals surface area contributed by atoms with Gasteiger partial charge in [-0.15, -0.1) is 12.4 Å². The summed E-state index contributed by atoms with van der Waals surface area (Å²) in [4.78, 5) is 2.39. The van der Waals surface area contributed by atoms with Crippen molar-refractivity contribution in [2.75, 3.05) is 39.5 Å². The van der Waals surface area contributed by atoms with Gasteiger partial charge in [0.1, 0.15) is 5.75 Å². The molecule has 0 bridgehead atoms. The summed E-state index contributed by atoms with van der Waals surface area (Å²) in [7, 11) is 0. The number of rotatable bonds is 5. The normalized spacial score (nSPS) is 15.3. The van der Waals surface area contributed by atoms with Gasteiger partial charge in [0, 0.05) is 19.6 Å². The Balaban J connectivity index is 0.00000180. The Kier molecular flexibility index (Phi) is 7.27. The Hall–Kier alpha value is -1.28. The second-order valence-corrected chi connectivity index (χ2v) is 4.29. The summed E-state index contributed by atoms with van der Waals surface area (Å²) in [6, 6.07) is 9.32. The third kappa shape index (κ3) is 5.48. The van der Waals surface area contributed by atoms with E-state index < -0.39 is 0 Å². The van der Waals surface area contributed by atoms with Crippen LogP contribution in [0.4, 0.5) is 0 Å². The summed E-state index contributed by atoms with van der Waals surface area (Å²) in [6.45, 7) is 5.50. The highest BCUT2D eigenvalue weighted by atomic mass is 35.5. The van der Waals surface area contributed by atoms with Gasteiger partial charge in [0.15, 0.2) is 0 Å². The van der Waals surface area contributed by atoms with Crippen LogP contribution in [-0.2, 0) is 4.74 Å². The molecule has 0 unspecified atom stereocenters. The van der Waals surface area contributed by atoms with E-state index in [-0.39, 0.29) is 12.4 Å². The summed E-state index contributed by atoms with van der Waals surface area (Å²) >= 11 is 0. The van der Waals surface area contributed by atoms with Crippen molar-refractivity contribution in [1.82, 2.24) is 4.90 Å². The molecule has 0 N–H and O–H groups in total. The van der Waals surface area contributed by atoms with Crippen molar-refractivity contribution >= 4 is 12.4 Å². The molecule has 2 rings (SSSR count). The number of nitriles is 1. The van der Waals surface area contributed by atoms with Crippen molar-refractivity contribution in [3.8, 4) is 11.8 Å². The summed E-state index contributed by atoms with van der Waals surface area (Å²) in [6.07, 6.45) is 1.01. The van der Waals surface area contributed by atoms with Gasteiger partial charge in [0.25, 0.3) is 0 Å². The van der Waals surface area contributed by atoms with E-state index in [2.05, 4.69) is 11.0 Å². The average Bonchev–Trinajstić information content (AvgIpc) is 2.45. The molecule has 104 valence electrons. The zero-order valence-corrected chi connectivity index (χ0v) is 11.7. The fourth-order valence-corrected chi connectivity index (χ4v) is 1.93. The number of benzene rings is 1. The third-order valence-electron chi connectivity index (χ3n) is 2.97. The molecule has 0 amide bonds. The number of morpholine rings is 1. The van der Waals surface area contributed by atoms with Crippen LogP contribution in [0.25, 0.3) is 0 Å². The first kappa shape index (κ1) is 15.8. The molecular weight excluding hydrogens is 264 g/mol. The molecule has 1 fully saturated rings. The van der Waals surface area contributed by atoms with Crippen LogP contribution in [0.2, 0.25) is 0 Å². The highest BCUT2D eigenvalue weighted by Crippen LogP contribution is 2.11. The maximum Gasteiger partial charge on any atom is 0.119 e. The maximum atomic E-state index is 8.68. The zero-order chi connectivity index (χ0) is 12.6. The first-order valence-corrected chi connectivity index (χ1v) is 6.31. The smallest absolute Gasteiger partial charge is 0.119 e. The fourth-order valence-electron chi connectivity index (χ4n) is 1.93. The molecule has 0 atom stereocenters. The van der Waals surface area contributed by atoms with Crippen molar-refractivity contribution in [2.24, 2.45) is 0 Å². The van der Waals surface area contributed by atoms with Crippen LogP contribution in [0.3, 0.4) is 0 Å². The first-order valence-electron chi connectivity index (χ1n) is 6.31. The minimum Gasteiger partial charge on any atom is -0.494 e.